The molecule has 1 amide bonds. The highest BCUT2D eigenvalue weighted by Crippen LogP contribution is 2.21. The van der Waals surface area contributed by atoms with E-state index in [2.05, 4.69) is 4.98 Å². The maximum atomic E-state index is 12.6. The van der Waals surface area contributed by atoms with E-state index in [0.29, 0.717) is 38.6 Å². The Labute approximate surface area is 153 Å². The summed E-state index contributed by atoms with van der Waals surface area (Å²) in [6.45, 7) is 2.29. The van der Waals surface area contributed by atoms with Crippen LogP contribution in [0, 0.1) is 0 Å². The molecule has 0 fully saturated rings. The maximum Gasteiger partial charge on any atom is 0.227 e. The first-order valence-electron chi connectivity index (χ1n) is 8.71. The van der Waals surface area contributed by atoms with Crippen molar-refractivity contribution < 1.29 is 19.0 Å². The number of nitrogens with zero attached hydrogens (tertiary/aromatic N) is 2. The number of rotatable bonds is 7. The third-order valence-electron chi connectivity index (χ3n) is 4.43. The van der Waals surface area contributed by atoms with Crippen molar-refractivity contribution in [3.8, 4) is 11.6 Å². The van der Waals surface area contributed by atoms with E-state index in [1.54, 1.807) is 14.2 Å². The number of pyridine rings is 1. The SMILES string of the molecule is COCCOc1ccc2c(n1)CCN(C(=O)Cc1ccc(OC)cc1)C2. The number of hydrogen-bond acceptors (Lipinski definition) is 5. The monoisotopic (exact) mass is 356 g/mol. The van der Waals surface area contributed by atoms with Gasteiger partial charge in [-0.2, -0.15) is 0 Å². The van der Waals surface area contributed by atoms with Gasteiger partial charge in [0.1, 0.15) is 12.4 Å². The molecule has 6 nitrogen and oxygen atoms in total. The Morgan fingerprint density at radius 1 is 1.12 bits per heavy atom. The summed E-state index contributed by atoms with van der Waals surface area (Å²) in [4.78, 5) is 19.0. The summed E-state index contributed by atoms with van der Waals surface area (Å²) >= 11 is 0. The molecular weight excluding hydrogens is 332 g/mol. The van der Waals surface area contributed by atoms with Crippen LogP contribution in [0.3, 0.4) is 0 Å². The van der Waals surface area contributed by atoms with Crippen LogP contribution in [0.4, 0.5) is 0 Å². The number of amides is 1. The molecule has 1 aliphatic heterocycles. The predicted octanol–water partition coefficient (Wildman–Crippen LogP) is 2.24. The van der Waals surface area contributed by atoms with Gasteiger partial charge < -0.3 is 19.1 Å². The second-order valence-electron chi connectivity index (χ2n) is 6.19. The molecule has 1 aromatic heterocycles. The third-order valence-corrected chi connectivity index (χ3v) is 4.43. The number of aromatic nitrogens is 1. The summed E-state index contributed by atoms with van der Waals surface area (Å²) in [6.07, 6.45) is 1.14. The number of hydrogen-bond donors (Lipinski definition) is 0. The van der Waals surface area contributed by atoms with Gasteiger partial charge in [0.15, 0.2) is 0 Å². The van der Waals surface area contributed by atoms with E-state index in [9.17, 15) is 4.79 Å². The van der Waals surface area contributed by atoms with Gasteiger partial charge >= 0.3 is 0 Å². The van der Waals surface area contributed by atoms with Crippen molar-refractivity contribution in [1.29, 1.82) is 0 Å². The van der Waals surface area contributed by atoms with E-state index in [-0.39, 0.29) is 5.91 Å². The van der Waals surface area contributed by atoms with Crippen molar-refractivity contribution in [1.82, 2.24) is 9.88 Å². The highest BCUT2D eigenvalue weighted by atomic mass is 16.5. The van der Waals surface area contributed by atoms with Gasteiger partial charge in [-0.25, -0.2) is 4.98 Å². The first-order valence-corrected chi connectivity index (χ1v) is 8.71. The van der Waals surface area contributed by atoms with Crippen LogP contribution in [-0.2, 0) is 28.9 Å². The molecule has 0 unspecified atom stereocenters. The molecule has 2 aromatic rings. The Balaban J connectivity index is 1.59. The van der Waals surface area contributed by atoms with E-state index in [0.717, 1.165) is 29.0 Å². The standard InChI is InChI=1S/C20H24N2O4/c1-24-11-12-26-19-8-5-16-14-22(10-9-18(16)21-19)20(23)13-15-3-6-17(25-2)7-4-15/h3-8H,9-14H2,1-2H3. The normalized spacial score (nSPS) is 13.2. The van der Waals surface area contributed by atoms with Gasteiger partial charge in [0.25, 0.3) is 0 Å². The highest BCUT2D eigenvalue weighted by molar-refractivity contribution is 5.79. The fourth-order valence-corrected chi connectivity index (χ4v) is 2.95. The molecule has 0 atom stereocenters. The Hall–Kier alpha value is -2.60. The van der Waals surface area contributed by atoms with Gasteiger partial charge in [-0.3, -0.25) is 4.79 Å². The average Bonchev–Trinajstić information content (AvgIpc) is 2.68. The lowest BCUT2D eigenvalue weighted by Crippen LogP contribution is -2.37. The minimum Gasteiger partial charge on any atom is -0.497 e. The van der Waals surface area contributed by atoms with Crippen LogP contribution in [0.15, 0.2) is 36.4 Å². The topological polar surface area (TPSA) is 60.9 Å². The van der Waals surface area contributed by atoms with Crippen molar-refractivity contribution in [2.45, 2.75) is 19.4 Å². The van der Waals surface area contributed by atoms with Gasteiger partial charge in [-0.1, -0.05) is 18.2 Å². The summed E-state index contributed by atoms with van der Waals surface area (Å²) in [6, 6.07) is 11.5. The van der Waals surface area contributed by atoms with E-state index < -0.39 is 0 Å². The molecule has 0 aliphatic carbocycles. The van der Waals surface area contributed by atoms with E-state index in [1.807, 2.05) is 41.3 Å². The number of benzene rings is 1. The quantitative estimate of drug-likeness (QED) is 0.712. The van der Waals surface area contributed by atoms with Crippen LogP contribution < -0.4 is 9.47 Å². The molecule has 6 heteroatoms. The lowest BCUT2D eigenvalue weighted by atomic mass is 10.0. The van der Waals surface area contributed by atoms with E-state index in [4.69, 9.17) is 14.2 Å². The van der Waals surface area contributed by atoms with Gasteiger partial charge in [0.2, 0.25) is 11.8 Å². The minimum atomic E-state index is 0.126. The summed E-state index contributed by atoms with van der Waals surface area (Å²) in [5, 5.41) is 0. The van der Waals surface area contributed by atoms with Crippen LogP contribution in [0.2, 0.25) is 0 Å². The number of carbonyl (C=O) groups excluding carboxylic acids is 1. The van der Waals surface area contributed by atoms with Crippen molar-refractivity contribution in [3.05, 3.63) is 53.2 Å². The van der Waals surface area contributed by atoms with Gasteiger partial charge in [0, 0.05) is 32.7 Å². The second-order valence-corrected chi connectivity index (χ2v) is 6.19. The fourth-order valence-electron chi connectivity index (χ4n) is 2.95. The summed E-state index contributed by atoms with van der Waals surface area (Å²) < 4.78 is 15.7. The Morgan fingerprint density at radius 2 is 1.92 bits per heavy atom. The van der Waals surface area contributed by atoms with Gasteiger partial charge in [-0.05, 0) is 23.3 Å². The lowest BCUT2D eigenvalue weighted by molar-refractivity contribution is -0.131. The molecular formula is C20H24N2O4. The highest BCUT2D eigenvalue weighted by Gasteiger charge is 2.22. The van der Waals surface area contributed by atoms with Crippen LogP contribution >= 0.6 is 0 Å². The van der Waals surface area contributed by atoms with Crippen molar-refractivity contribution in [2.24, 2.45) is 0 Å². The first kappa shape index (κ1) is 18.2. The zero-order chi connectivity index (χ0) is 18.4. The molecule has 0 bridgehead atoms. The van der Waals surface area contributed by atoms with Crippen molar-refractivity contribution >= 4 is 5.91 Å². The second kappa shape index (κ2) is 8.67. The predicted molar refractivity (Wildman–Crippen MR) is 97.4 cm³/mol. The van der Waals surface area contributed by atoms with Crippen molar-refractivity contribution in [2.75, 3.05) is 34.0 Å². The molecule has 0 radical (unpaired) electrons. The number of ether oxygens (including phenoxy) is 3. The largest absolute Gasteiger partial charge is 0.497 e. The Morgan fingerprint density at radius 3 is 2.65 bits per heavy atom. The fraction of sp³-hybridized carbons (Fsp3) is 0.400. The molecule has 0 saturated carbocycles. The molecule has 3 rings (SSSR count). The minimum absolute atomic E-state index is 0.126. The summed E-state index contributed by atoms with van der Waals surface area (Å²) in [5.74, 6) is 1.53. The van der Waals surface area contributed by atoms with Gasteiger partial charge in [-0.15, -0.1) is 0 Å². The smallest absolute Gasteiger partial charge is 0.227 e. The third kappa shape index (κ3) is 4.52. The van der Waals surface area contributed by atoms with Crippen molar-refractivity contribution in [3.63, 3.8) is 0 Å². The zero-order valence-corrected chi connectivity index (χ0v) is 15.2. The number of fused-ring (bicyclic) bond motifs is 1. The molecule has 0 spiro atoms. The first-order chi connectivity index (χ1) is 12.7. The molecule has 26 heavy (non-hydrogen) atoms. The summed E-state index contributed by atoms with van der Waals surface area (Å²) in [7, 11) is 3.27. The van der Waals surface area contributed by atoms with Crippen LogP contribution in [-0.4, -0.2) is 49.8 Å². The molecule has 2 heterocycles. The zero-order valence-electron chi connectivity index (χ0n) is 15.2. The van der Waals surface area contributed by atoms with Crippen LogP contribution in [0.1, 0.15) is 16.8 Å². The van der Waals surface area contributed by atoms with Gasteiger partial charge in [0.05, 0.1) is 25.8 Å². The molecule has 1 aliphatic rings. The maximum absolute atomic E-state index is 12.6. The summed E-state index contributed by atoms with van der Waals surface area (Å²) in [5.41, 5.74) is 3.08. The molecule has 1 aromatic carbocycles. The number of carbonyl (C=O) groups is 1. The van der Waals surface area contributed by atoms with E-state index in [1.165, 1.54) is 0 Å². The molecule has 0 saturated heterocycles. The number of methoxy groups -OCH3 is 2. The molecule has 0 N–H and O–H groups in total. The Bertz CT molecular complexity index is 746. The Kier molecular flexibility index (Phi) is 6.07. The average molecular weight is 356 g/mol. The molecule has 138 valence electrons. The van der Waals surface area contributed by atoms with E-state index >= 15 is 0 Å². The van der Waals surface area contributed by atoms with Crippen LogP contribution in [0.5, 0.6) is 11.6 Å². The van der Waals surface area contributed by atoms with Crippen LogP contribution in [0.25, 0.3) is 0 Å². The lowest BCUT2D eigenvalue weighted by Gasteiger charge is -2.28.